The van der Waals surface area contributed by atoms with Crippen LogP contribution in [0.15, 0.2) is 34.7 Å². The van der Waals surface area contributed by atoms with E-state index in [0.29, 0.717) is 16.1 Å². The molecule has 1 aromatic carbocycles. The smallest absolute Gasteiger partial charge is 0.135 e. The molecule has 0 saturated heterocycles. The van der Waals surface area contributed by atoms with Gasteiger partial charge in [0.25, 0.3) is 0 Å². The molecule has 102 valence electrons. The molecule has 0 aliphatic carbocycles. The highest BCUT2D eigenvalue weighted by atomic mass is 35.5. The number of benzene rings is 1. The van der Waals surface area contributed by atoms with Gasteiger partial charge in [0.2, 0.25) is 0 Å². The second-order valence-corrected chi connectivity index (χ2v) is 5.42. The average Bonchev–Trinajstić information content (AvgIpc) is 2.84. The highest BCUT2D eigenvalue weighted by Gasteiger charge is 2.09. The first-order chi connectivity index (χ1) is 9.10. The molecule has 0 amide bonds. The summed E-state index contributed by atoms with van der Waals surface area (Å²) < 4.78 is 5.80. The van der Waals surface area contributed by atoms with E-state index in [0.717, 1.165) is 30.0 Å². The van der Waals surface area contributed by atoms with Crippen LogP contribution in [0.2, 0.25) is 10.0 Å². The van der Waals surface area contributed by atoms with Crippen LogP contribution in [-0.4, -0.2) is 6.04 Å². The number of rotatable bonds is 5. The second kappa shape index (κ2) is 6.47. The normalized spacial score (nSPS) is 12.6. The molecule has 0 spiro atoms. The van der Waals surface area contributed by atoms with Crippen molar-refractivity contribution >= 4 is 23.2 Å². The van der Waals surface area contributed by atoms with E-state index >= 15 is 0 Å². The molecule has 0 aliphatic rings. The molecule has 0 fully saturated rings. The molecule has 2 aromatic rings. The Hall–Kier alpha value is -0.960. The molecule has 0 aliphatic heterocycles. The van der Waals surface area contributed by atoms with Crippen molar-refractivity contribution in [2.75, 3.05) is 0 Å². The molecule has 4 heteroatoms. The molecular formula is C15H17Cl2NO. The Bertz CT molecular complexity index is 551. The van der Waals surface area contributed by atoms with Crippen molar-refractivity contribution in [1.82, 2.24) is 5.32 Å². The zero-order chi connectivity index (χ0) is 13.8. The van der Waals surface area contributed by atoms with Gasteiger partial charge in [-0.1, -0.05) is 30.1 Å². The number of nitrogens with one attached hydrogen (secondary N) is 1. The first-order valence-electron chi connectivity index (χ1n) is 6.37. The number of hydrogen-bond donors (Lipinski definition) is 1. The van der Waals surface area contributed by atoms with Crippen molar-refractivity contribution in [2.24, 2.45) is 0 Å². The van der Waals surface area contributed by atoms with E-state index in [1.54, 1.807) is 6.07 Å². The third-order valence-corrected chi connectivity index (χ3v) is 3.64. The zero-order valence-electron chi connectivity index (χ0n) is 11.0. The fourth-order valence-corrected chi connectivity index (χ4v) is 2.23. The lowest BCUT2D eigenvalue weighted by molar-refractivity contribution is 0.457. The van der Waals surface area contributed by atoms with Crippen LogP contribution in [-0.2, 0) is 6.54 Å². The molecule has 1 atom stereocenters. The van der Waals surface area contributed by atoms with Gasteiger partial charge in [-0.15, -0.1) is 0 Å². The van der Waals surface area contributed by atoms with E-state index in [4.69, 9.17) is 27.6 Å². The maximum atomic E-state index is 6.16. The van der Waals surface area contributed by atoms with Gasteiger partial charge in [0, 0.05) is 16.6 Å². The predicted octanol–water partition coefficient (Wildman–Crippen LogP) is 5.14. The van der Waals surface area contributed by atoms with E-state index < -0.39 is 0 Å². The van der Waals surface area contributed by atoms with E-state index in [1.807, 2.05) is 24.3 Å². The minimum atomic E-state index is 0.479. The molecule has 0 radical (unpaired) electrons. The first-order valence-corrected chi connectivity index (χ1v) is 7.13. The molecule has 1 heterocycles. The Kier molecular flexibility index (Phi) is 4.92. The lowest BCUT2D eigenvalue weighted by atomic mass is 10.2. The molecule has 0 unspecified atom stereocenters. The standard InChI is InChI=1S/C15H17Cl2NO/c1-3-10(2)18-9-12-5-7-15(19-12)13-6-4-11(16)8-14(13)17/h4-8,10,18H,3,9H2,1-2H3/t10-/m0/s1. The molecule has 2 nitrogen and oxygen atoms in total. The predicted molar refractivity (Wildman–Crippen MR) is 80.8 cm³/mol. The summed E-state index contributed by atoms with van der Waals surface area (Å²) in [5.74, 6) is 1.67. The van der Waals surface area contributed by atoms with Crippen molar-refractivity contribution in [3.8, 4) is 11.3 Å². The fourth-order valence-electron chi connectivity index (χ4n) is 1.73. The molecule has 0 bridgehead atoms. The van der Waals surface area contributed by atoms with E-state index in [9.17, 15) is 0 Å². The van der Waals surface area contributed by atoms with E-state index in [1.165, 1.54) is 0 Å². The maximum Gasteiger partial charge on any atom is 0.135 e. The van der Waals surface area contributed by atoms with Gasteiger partial charge in [-0.25, -0.2) is 0 Å². The van der Waals surface area contributed by atoms with Gasteiger partial charge >= 0.3 is 0 Å². The van der Waals surface area contributed by atoms with Crippen LogP contribution in [0, 0.1) is 0 Å². The van der Waals surface area contributed by atoms with Crippen LogP contribution in [0.3, 0.4) is 0 Å². The summed E-state index contributed by atoms with van der Waals surface area (Å²) in [5, 5.41) is 4.61. The summed E-state index contributed by atoms with van der Waals surface area (Å²) in [7, 11) is 0. The minimum Gasteiger partial charge on any atom is -0.460 e. The van der Waals surface area contributed by atoms with Gasteiger partial charge in [-0.3, -0.25) is 0 Å². The largest absolute Gasteiger partial charge is 0.460 e. The van der Waals surface area contributed by atoms with Gasteiger partial charge in [0.1, 0.15) is 11.5 Å². The Labute approximate surface area is 123 Å². The molecule has 1 N–H and O–H groups in total. The van der Waals surface area contributed by atoms with Gasteiger partial charge in [-0.2, -0.15) is 0 Å². The fraction of sp³-hybridized carbons (Fsp3) is 0.333. The summed E-state index contributed by atoms with van der Waals surface area (Å²) in [4.78, 5) is 0. The van der Waals surface area contributed by atoms with Crippen molar-refractivity contribution in [1.29, 1.82) is 0 Å². The summed E-state index contributed by atoms with van der Waals surface area (Å²) in [6.45, 7) is 5.03. The molecule has 0 saturated carbocycles. The SMILES string of the molecule is CC[C@H](C)NCc1ccc(-c2ccc(Cl)cc2Cl)o1. The van der Waals surface area contributed by atoms with Crippen LogP contribution in [0.4, 0.5) is 0 Å². The minimum absolute atomic E-state index is 0.479. The Morgan fingerprint density at radius 3 is 2.68 bits per heavy atom. The third kappa shape index (κ3) is 3.75. The quantitative estimate of drug-likeness (QED) is 0.826. The Balaban J connectivity index is 2.12. The molecular weight excluding hydrogens is 281 g/mol. The topological polar surface area (TPSA) is 25.2 Å². The van der Waals surface area contributed by atoms with E-state index in [2.05, 4.69) is 19.2 Å². The van der Waals surface area contributed by atoms with Crippen LogP contribution in [0.25, 0.3) is 11.3 Å². The van der Waals surface area contributed by atoms with Crippen LogP contribution < -0.4 is 5.32 Å². The van der Waals surface area contributed by atoms with Crippen LogP contribution in [0.5, 0.6) is 0 Å². The average molecular weight is 298 g/mol. The Morgan fingerprint density at radius 2 is 2.00 bits per heavy atom. The Morgan fingerprint density at radius 1 is 1.21 bits per heavy atom. The lowest BCUT2D eigenvalue weighted by Crippen LogP contribution is -2.24. The highest BCUT2D eigenvalue weighted by Crippen LogP contribution is 2.31. The maximum absolute atomic E-state index is 6.16. The van der Waals surface area contributed by atoms with Gasteiger partial charge in [-0.05, 0) is 43.7 Å². The van der Waals surface area contributed by atoms with Crippen molar-refractivity contribution in [2.45, 2.75) is 32.9 Å². The first kappa shape index (κ1) is 14.4. The van der Waals surface area contributed by atoms with Crippen LogP contribution >= 0.6 is 23.2 Å². The second-order valence-electron chi connectivity index (χ2n) is 4.58. The van der Waals surface area contributed by atoms with Crippen LogP contribution in [0.1, 0.15) is 26.0 Å². The van der Waals surface area contributed by atoms with E-state index in [-0.39, 0.29) is 0 Å². The summed E-state index contributed by atoms with van der Waals surface area (Å²) in [5.41, 5.74) is 0.862. The van der Waals surface area contributed by atoms with Crippen molar-refractivity contribution in [3.63, 3.8) is 0 Å². The third-order valence-electron chi connectivity index (χ3n) is 3.10. The lowest BCUT2D eigenvalue weighted by Gasteiger charge is -2.09. The number of hydrogen-bond acceptors (Lipinski definition) is 2. The van der Waals surface area contributed by atoms with Crippen molar-refractivity contribution < 1.29 is 4.42 Å². The number of furan rings is 1. The van der Waals surface area contributed by atoms with Gasteiger partial charge in [0.05, 0.1) is 11.6 Å². The summed E-state index contributed by atoms with van der Waals surface area (Å²) in [6, 6.07) is 9.78. The molecule has 2 rings (SSSR count). The summed E-state index contributed by atoms with van der Waals surface area (Å²) >= 11 is 12.0. The van der Waals surface area contributed by atoms with Gasteiger partial charge < -0.3 is 9.73 Å². The monoisotopic (exact) mass is 297 g/mol. The van der Waals surface area contributed by atoms with Gasteiger partial charge in [0.15, 0.2) is 0 Å². The summed E-state index contributed by atoms with van der Waals surface area (Å²) in [6.07, 6.45) is 1.09. The zero-order valence-corrected chi connectivity index (χ0v) is 12.6. The molecule has 19 heavy (non-hydrogen) atoms. The molecule has 1 aromatic heterocycles. The number of halogens is 2. The van der Waals surface area contributed by atoms with Crippen molar-refractivity contribution in [3.05, 3.63) is 46.1 Å². The highest BCUT2D eigenvalue weighted by molar-refractivity contribution is 6.36.